The fraction of sp³-hybridized carbons (Fsp3) is 0.471. The van der Waals surface area contributed by atoms with Crippen molar-refractivity contribution in [3.63, 3.8) is 0 Å². The minimum Gasteiger partial charge on any atom is -0.444 e. The average Bonchev–Trinajstić information content (AvgIpc) is 3.02. The van der Waals surface area contributed by atoms with Crippen molar-refractivity contribution >= 4 is 5.69 Å². The van der Waals surface area contributed by atoms with Gasteiger partial charge in [0.05, 0.1) is 6.20 Å². The predicted molar refractivity (Wildman–Crippen MR) is 85.3 cm³/mol. The van der Waals surface area contributed by atoms with Gasteiger partial charge in [0.15, 0.2) is 12.2 Å². The van der Waals surface area contributed by atoms with E-state index >= 15 is 0 Å². The van der Waals surface area contributed by atoms with Crippen molar-refractivity contribution in [1.29, 1.82) is 0 Å². The lowest BCUT2D eigenvalue weighted by Crippen LogP contribution is -2.42. The Morgan fingerprint density at radius 1 is 1.29 bits per heavy atom. The lowest BCUT2D eigenvalue weighted by atomic mass is 10.0. The van der Waals surface area contributed by atoms with E-state index < -0.39 is 0 Å². The van der Waals surface area contributed by atoms with Gasteiger partial charge in [0.1, 0.15) is 0 Å². The first-order chi connectivity index (χ1) is 10.2. The van der Waals surface area contributed by atoms with Crippen LogP contribution >= 0.6 is 0 Å². The second-order valence-corrected chi connectivity index (χ2v) is 5.99. The number of oxazole rings is 1. The van der Waals surface area contributed by atoms with Gasteiger partial charge in [-0.1, -0.05) is 12.1 Å². The summed E-state index contributed by atoms with van der Waals surface area (Å²) in [5, 5.41) is 3.65. The zero-order valence-corrected chi connectivity index (χ0v) is 12.7. The Bertz CT molecular complexity index is 557. The fourth-order valence-electron chi connectivity index (χ4n) is 2.92. The molecule has 0 spiro atoms. The van der Waals surface area contributed by atoms with Crippen LogP contribution in [0.4, 0.5) is 5.69 Å². The first-order valence-corrected chi connectivity index (χ1v) is 7.72. The summed E-state index contributed by atoms with van der Waals surface area (Å²) in [7, 11) is 0. The number of rotatable bonds is 4. The Morgan fingerprint density at radius 3 is 2.76 bits per heavy atom. The molecule has 1 aromatic heterocycles. The third-order valence-electron chi connectivity index (χ3n) is 4.21. The van der Waals surface area contributed by atoms with E-state index in [1.165, 1.54) is 32.3 Å². The Kier molecular flexibility index (Phi) is 4.25. The lowest BCUT2D eigenvalue weighted by molar-refractivity contribution is 0.177. The predicted octanol–water partition coefficient (Wildman–Crippen LogP) is 3.63. The van der Waals surface area contributed by atoms with Crippen molar-refractivity contribution in [2.75, 3.05) is 18.4 Å². The summed E-state index contributed by atoms with van der Waals surface area (Å²) in [6.07, 6.45) is 5.62. The smallest absolute Gasteiger partial charge is 0.181 e. The monoisotopic (exact) mass is 285 g/mol. The molecule has 0 atom stereocenters. The van der Waals surface area contributed by atoms with E-state index in [2.05, 4.69) is 47.2 Å². The molecule has 0 bridgehead atoms. The normalized spacial score (nSPS) is 17.3. The van der Waals surface area contributed by atoms with Crippen LogP contribution < -0.4 is 5.32 Å². The topological polar surface area (TPSA) is 41.3 Å². The molecule has 1 fully saturated rings. The summed E-state index contributed by atoms with van der Waals surface area (Å²) < 4.78 is 5.36. The van der Waals surface area contributed by atoms with Gasteiger partial charge in [0.2, 0.25) is 0 Å². The van der Waals surface area contributed by atoms with E-state index in [1.807, 2.05) is 6.07 Å². The maximum absolute atomic E-state index is 5.36. The Labute approximate surface area is 126 Å². The molecule has 1 aliphatic rings. The Balaban J connectivity index is 1.62. The van der Waals surface area contributed by atoms with Crippen LogP contribution in [-0.2, 0) is 0 Å². The molecule has 0 unspecified atom stereocenters. The average molecular weight is 285 g/mol. The highest BCUT2D eigenvalue weighted by Gasteiger charge is 2.20. The van der Waals surface area contributed by atoms with Crippen LogP contribution in [0.5, 0.6) is 0 Å². The van der Waals surface area contributed by atoms with E-state index in [0.717, 1.165) is 17.0 Å². The SMILES string of the molecule is CC(C)N1CCC(Nc2cccc(-c3cnco3)c2)CC1. The van der Waals surface area contributed by atoms with Crippen molar-refractivity contribution in [2.24, 2.45) is 0 Å². The van der Waals surface area contributed by atoms with Crippen molar-refractivity contribution in [1.82, 2.24) is 9.88 Å². The van der Waals surface area contributed by atoms with Crippen molar-refractivity contribution in [3.05, 3.63) is 36.9 Å². The standard InChI is InChI=1S/C17H23N3O/c1-13(2)20-8-6-15(7-9-20)19-16-5-3-4-14(10-16)17-11-18-12-21-17/h3-5,10-13,15,19H,6-9H2,1-2H3. The largest absolute Gasteiger partial charge is 0.444 e. The molecule has 1 aromatic carbocycles. The van der Waals surface area contributed by atoms with Gasteiger partial charge in [-0.15, -0.1) is 0 Å². The van der Waals surface area contributed by atoms with E-state index in [1.54, 1.807) is 6.20 Å². The van der Waals surface area contributed by atoms with E-state index in [0.29, 0.717) is 12.1 Å². The maximum atomic E-state index is 5.36. The van der Waals surface area contributed by atoms with Gasteiger partial charge >= 0.3 is 0 Å². The van der Waals surface area contributed by atoms with Gasteiger partial charge in [-0.25, -0.2) is 4.98 Å². The molecule has 1 N–H and O–H groups in total. The van der Waals surface area contributed by atoms with Gasteiger partial charge < -0.3 is 14.6 Å². The molecule has 2 aromatic rings. The minimum absolute atomic E-state index is 0.560. The second kappa shape index (κ2) is 6.31. The first-order valence-electron chi connectivity index (χ1n) is 7.72. The van der Waals surface area contributed by atoms with Crippen LogP contribution in [0, 0.1) is 0 Å². The summed E-state index contributed by atoms with van der Waals surface area (Å²) >= 11 is 0. The van der Waals surface area contributed by atoms with E-state index in [-0.39, 0.29) is 0 Å². The third-order valence-corrected chi connectivity index (χ3v) is 4.21. The van der Waals surface area contributed by atoms with Gasteiger partial charge in [-0.3, -0.25) is 0 Å². The zero-order valence-electron chi connectivity index (χ0n) is 12.7. The number of likely N-dealkylation sites (tertiary alicyclic amines) is 1. The summed E-state index contributed by atoms with van der Waals surface area (Å²) in [6.45, 7) is 6.90. The first kappa shape index (κ1) is 14.1. The van der Waals surface area contributed by atoms with Gasteiger partial charge in [-0.05, 0) is 38.8 Å². The highest BCUT2D eigenvalue weighted by atomic mass is 16.3. The Morgan fingerprint density at radius 2 is 2.10 bits per heavy atom. The highest BCUT2D eigenvalue weighted by Crippen LogP contribution is 2.24. The second-order valence-electron chi connectivity index (χ2n) is 5.99. The van der Waals surface area contributed by atoms with Crippen LogP contribution in [0.25, 0.3) is 11.3 Å². The third kappa shape index (κ3) is 3.45. The molecule has 4 heteroatoms. The number of piperidine rings is 1. The minimum atomic E-state index is 0.560. The fourth-order valence-corrected chi connectivity index (χ4v) is 2.92. The highest BCUT2D eigenvalue weighted by molar-refractivity contribution is 5.63. The summed E-state index contributed by atoms with van der Waals surface area (Å²) in [4.78, 5) is 6.52. The van der Waals surface area contributed by atoms with Crippen LogP contribution in [0.2, 0.25) is 0 Å². The molecule has 2 heterocycles. The molecule has 1 saturated heterocycles. The molecule has 4 nitrogen and oxygen atoms in total. The van der Waals surface area contributed by atoms with E-state index in [9.17, 15) is 0 Å². The number of nitrogens with zero attached hydrogens (tertiary/aromatic N) is 2. The number of aromatic nitrogens is 1. The van der Waals surface area contributed by atoms with Crippen molar-refractivity contribution in [3.8, 4) is 11.3 Å². The van der Waals surface area contributed by atoms with Gasteiger partial charge in [0.25, 0.3) is 0 Å². The molecular formula is C17H23N3O. The number of anilines is 1. The summed E-state index contributed by atoms with van der Waals surface area (Å²) in [6, 6.07) is 9.58. The van der Waals surface area contributed by atoms with Crippen LogP contribution in [0.15, 0.2) is 41.3 Å². The van der Waals surface area contributed by atoms with E-state index in [4.69, 9.17) is 4.42 Å². The molecule has 3 rings (SSSR count). The molecule has 21 heavy (non-hydrogen) atoms. The maximum Gasteiger partial charge on any atom is 0.181 e. The van der Waals surface area contributed by atoms with Crippen molar-refractivity contribution < 1.29 is 4.42 Å². The molecule has 112 valence electrons. The number of nitrogens with one attached hydrogen (secondary N) is 1. The summed E-state index contributed by atoms with van der Waals surface area (Å²) in [5.74, 6) is 0.813. The van der Waals surface area contributed by atoms with Crippen LogP contribution in [-0.4, -0.2) is 35.1 Å². The van der Waals surface area contributed by atoms with Gasteiger partial charge in [0, 0.05) is 36.4 Å². The molecular weight excluding hydrogens is 262 g/mol. The molecule has 0 aliphatic carbocycles. The van der Waals surface area contributed by atoms with Gasteiger partial charge in [-0.2, -0.15) is 0 Å². The van der Waals surface area contributed by atoms with Crippen LogP contribution in [0.1, 0.15) is 26.7 Å². The summed E-state index contributed by atoms with van der Waals surface area (Å²) in [5.41, 5.74) is 2.23. The quantitative estimate of drug-likeness (QED) is 0.931. The Hall–Kier alpha value is -1.81. The molecule has 0 amide bonds. The van der Waals surface area contributed by atoms with Crippen molar-refractivity contribution in [2.45, 2.75) is 38.8 Å². The molecule has 0 saturated carbocycles. The number of benzene rings is 1. The molecule has 0 radical (unpaired) electrons. The zero-order chi connectivity index (χ0) is 14.7. The number of hydrogen-bond donors (Lipinski definition) is 1. The number of hydrogen-bond acceptors (Lipinski definition) is 4. The van der Waals surface area contributed by atoms with Crippen LogP contribution in [0.3, 0.4) is 0 Å². The molecule has 1 aliphatic heterocycles. The lowest BCUT2D eigenvalue weighted by Gasteiger charge is -2.35.